The Morgan fingerprint density at radius 2 is 2.05 bits per heavy atom. The topological polar surface area (TPSA) is 58.6 Å². The van der Waals surface area contributed by atoms with Gasteiger partial charge in [-0.05, 0) is 18.2 Å². The molecule has 0 bridgehead atoms. The highest BCUT2D eigenvalue weighted by Crippen LogP contribution is 2.28. The van der Waals surface area contributed by atoms with E-state index >= 15 is 0 Å². The number of sulfonamides is 1. The number of rotatable bonds is 4. The predicted molar refractivity (Wildman–Crippen MR) is 76.9 cm³/mol. The minimum absolute atomic E-state index is 0. The molecular formula is C11H16Cl2N2O3S. The first-order chi connectivity index (χ1) is 8.46. The number of nitrogens with zero attached hydrogens (tertiary/aromatic N) is 1. The zero-order valence-corrected chi connectivity index (χ0v) is 13.0. The average molecular weight is 327 g/mol. The Balaban J connectivity index is 0.00000180. The van der Waals surface area contributed by atoms with Crippen LogP contribution in [0.4, 0.5) is 0 Å². The molecule has 1 N–H and O–H groups in total. The first-order valence-corrected chi connectivity index (χ1v) is 7.31. The standard InChI is InChI=1S/C11H15ClN2O3S.ClH/c1-14(8-6-13-7-8)18(15,16)9-3-4-11(17-2)10(12)5-9;/h3-5,8,13H,6-7H2,1-2H3;1H. The number of hydrogen-bond donors (Lipinski definition) is 1. The number of halogens is 2. The molecule has 0 saturated carbocycles. The molecule has 2 rings (SSSR count). The van der Waals surface area contributed by atoms with Gasteiger partial charge in [-0.1, -0.05) is 11.6 Å². The quantitative estimate of drug-likeness (QED) is 0.907. The van der Waals surface area contributed by atoms with Crippen molar-refractivity contribution in [3.63, 3.8) is 0 Å². The van der Waals surface area contributed by atoms with Gasteiger partial charge in [0.1, 0.15) is 5.75 Å². The van der Waals surface area contributed by atoms with Crippen LogP contribution < -0.4 is 10.1 Å². The largest absolute Gasteiger partial charge is 0.495 e. The van der Waals surface area contributed by atoms with Crippen LogP contribution >= 0.6 is 24.0 Å². The second-order valence-corrected chi connectivity index (χ2v) is 6.53. The fourth-order valence-corrected chi connectivity index (χ4v) is 3.40. The molecule has 1 saturated heterocycles. The number of hydrogen-bond acceptors (Lipinski definition) is 4. The third kappa shape index (κ3) is 3.14. The molecule has 0 radical (unpaired) electrons. The zero-order chi connectivity index (χ0) is 13.3. The minimum atomic E-state index is -3.49. The molecule has 0 aliphatic carbocycles. The molecule has 1 aromatic carbocycles. The van der Waals surface area contributed by atoms with Gasteiger partial charge in [-0.15, -0.1) is 12.4 Å². The third-order valence-electron chi connectivity index (χ3n) is 3.07. The predicted octanol–water partition coefficient (Wildman–Crippen LogP) is 1.36. The van der Waals surface area contributed by atoms with E-state index in [0.717, 1.165) is 0 Å². The van der Waals surface area contributed by atoms with E-state index in [0.29, 0.717) is 23.9 Å². The van der Waals surface area contributed by atoms with Gasteiger partial charge in [0.25, 0.3) is 0 Å². The second kappa shape index (κ2) is 6.28. The first kappa shape index (κ1) is 16.5. The average Bonchev–Trinajstić information content (AvgIpc) is 2.26. The molecule has 1 fully saturated rings. The van der Waals surface area contributed by atoms with Crippen molar-refractivity contribution in [3.05, 3.63) is 23.2 Å². The summed E-state index contributed by atoms with van der Waals surface area (Å²) in [6.07, 6.45) is 0. The van der Waals surface area contributed by atoms with Crippen molar-refractivity contribution >= 4 is 34.0 Å². The van der Waals surface area contributed by atoms with Crippen LogP contribution in [0.1, 0.15) is 0 Å². The molecule has 108 valence electrons. The van der Waals surface area contributed by atoms with E-state index in [1.165, 1.54) is 23.5 Å². The van der Waals surface area contributed by atoms with Crippen molar-refractivity contribution in [2.75, 3.05) is 27.2 Å². The summed E-state index contributed by atoms with van der Waals surface area (Å²) < 4.78 is 31.0. The highest BCUT2D eigenvalue weighted by molar-refractivity contribution is 7.89. The fourth-order valence-electron chi connectivity index (χ4n) is 1.70. The Bertz CT molecular complexity index is 547. The Kier molecular flexibility index (Phi) is 5.46. The molecule has 0 unspecified atom stereocenters. The number of methoxy groups -OCH3 is 1. The maximum atomic E-state index is 12.3. The molecule has 0 spiro atoms. The Morgan fingerprint density at radius 1 is 1.42 bits per heavy atom. The van der Waals surface area contributed by atoms with Crippen molar-refractivity contribution in [3.8, 4) is 5.75 Å². The van der Waals surface area contributed by atoms with Gasteiger partial charge in [-0.2, -0.15) is 4.31 Å². The third-order valence-corrected chi connectivity index (χ3v) is 5.28. The lowest BCUT2D eigenvalue weighted by Gasteiger charge is -2.34. The van der Waals surface area contributed by atoms with E-state index < -0.39 is 10.0 Å². The fraction of sp³-hybridized carbons (Fsp3) is 0.455. The van der Waals surface area contributed by atoms with Crippen LogP contribution in [0.3, 0.4) is 0 Å². The summed E-state index contributed by atoms with van der Waals surface area (Å²) in [6, 6.07) is 4.49. The monoisotopic (exact) mass is 326 g/mol. The van der Waals surface area contributed by atoms with Crippen LogP contribution in [-0.2, 0) is 10.0 Å². The van der Waals surface area contributed by atoms with E-state index in [4.69, 9.17) is 16.3 Å². The van der Waals surface area contributed by atoms with Crippen molar-refractivity contribution < 1.29 is 13.2 Å². The van der Waals surface area contributed by atoms with E-state index in [1.54, 1.807) is 13.1 Å². The molecular weight excluding hydrogens is 311 g/mol. The van der Waals surface area contributed by atoms with Gasteiger partial charge in [-0.25, -0.2) is 8.42 Å². The number of benzene rings is 1. The molecule has 1 heterocycles. The summed E-state index contributed by atoms with van der Waals surface area (Å²) in [5, 5.41) is 3.33. The lowest BCUT2D eigenvalue weighted by atomic mass is 10.2. The van der Waals surface area contributed by atoms with Crippen LogP contribution in [0.15, 0.2) is 23.1 Å². The summed E-state index contributed by atoms with van der Waals surface area (Å²) in [4.78, 5) is 0.183. The van der Waals surface area contributed by atoms with E-state index in [-0.39, 0.29) is 23.3 Å². The number of ether oxygens (including phenoxy) is 1. The summed E-state index contributed by atoms with van der Waals surface area (Å²) in [6.45, 7) is 1.36. The summed E-state index contributed by atoms with van der Waals surface area (Å²) in [5.74, 6) is 0.462. The van der Waals surface area contributed by atoms with Crippen LogP contribution in [0, 0.1) is 0 Å². The maximum absolute atomic E-state index is 12.3. The molecule has 5 nitrogen and oxygen atoms in total. The van der Waals surface area contributed by atoms with Crippen LogP contribution in [0.5, 0.6) is 5.75 Å². The van der Waals surface area contributed by atoms with Gasteiger partial charge in [0, 0.05) is 26.2 Å². The Morgan fingerprint density at radius 3 is 2.47 bits per heavy atom. The summed E-state index contributed by atoms with van der Waals surface area (Å²) >= 11 is 5.95. The van der Waals surface area contributed by atoms with E-state index in [1.807, 2.05) is 0 Å². The van der Waals surface area contributed by atoms with E-state index in [2.05, 4.69) is 5.32 Å². The van der Waals surface area contributed by atoms with Crippen LogP contribution in [0.25, 0.3) is 0 Å². The summed E-state index contributed by atoms with van der Waals surface area (Å²) in [5.41, 5.74) is 0. The van der Waals surface area contributed by atoms with Crippen molar-refractivity contribution in [1.82, 2.24) is 9.62 Å². The highest BCUT2D eigenvalue weighted by Gasteiger charge is 2.31. The maximum Gasteiger partial charge on any atom is 0.243 e. The van der Waals surface area contributed by atoms with Crippen molar-refractivity contribution in [2.24, 2.45) is 0 Å². The molecule has 1 aliphatic rings. The Labute approximate surface area is 124 Å². The smallest absolute Gasteiger partial charge is 0.243 e. The number of nitrogens with one attached hydrogen (secondary N) is 1. The molecule has 0 atom stereocenters. The normalized spacial score (nSPS) is 15.8. The van der Waals surface area contributed by atoms with Gasteiger partial charge < -0.3 is 10.1 Å². The molecule has 0 amide bonds. The van der Waals surface area contributed by atoms with Gasteiger partial charge >= 0.3 is 0 Å². The minimum Gasteiger partial charge on any atom is -0.495 e. The lowest BCUT2D eigenvalue weighted by Crippen LogP contribution is -2.57. The molecule has 1 aliphatic heterocycles. The SMILES string of the molecule is COc1ccc(S(=O)(=O)N(C)C2CNC2)cc1Cl.Cl. The van der Waals surface area contributed by atoms with Crippen LogP contribution in [-0.4, -0.2) is 46.0 Å². The highest BCUT2D eigenvalue weighted by atomic mass is 35.5. The van der Waals surface area contributed by atoms with Gasteiger partial charge in [0.15, 0.2) is 0 Å². The van der Waals surface area contributed by atoms with Crippen molar-refractivity contribution in [1.29, 1.82) is 0 Å². The molecule has 0 aromatic heterocycles. The van der Waals surface area contributed by atoms with E-state index in [9.17, 15) is 8.42 Å². The number of likely N-dealkylation sites (N-methyl/N-ethyl adjacent to an activating group) is 1. The van der Waals surface area contributed by atoms with Gasteiger partial charge in [0.05, 0.1) is 17.0 Å². The Hall–Kier alpha value is -0.530. The molecule has 19 heavy (non-hydrogen) atoms. The van der Waals surface area contributed by atoms with Crippen molar-refractivity contribution in [2.45, 2.75) is 10.9 Å². The lowest BCUT2D eigenvalue weighted by molar-refractivity contribution is 0.274. The van der Waals surface area contributed by atoms with Gasteiger partial charge in [-0.3, -0.25) is 0 Å². The summed E-state index contributed by atoms with van der Waals surface area (Å²) in [7, 11) is -0.423. The first-order valence-electron chi connectivity index (χ1n) is 5.49. The molecule has 8 heteroatoms. The molecule has 1 aromatic rings. The zero-order valence-electron chi connectivity index (χ0n) is 10.6. The van der Waals surface area contributed by atoms with Gasteiger partial charge in [0.2, 0.25) is 10.0 Å². The van der Waals surface area contributed by atoms with Crippen LogP contribution in [0.2, 0.25) is 5.02 Å². The second-order valence-electron chi connectivity index (χ2n) is 4.13.